The van der Waals surface area contributed by atoms with E-state index in [0.717, 1.165) is 11.1 Å². The Balaban J connectivity index is 1.86. The zero-order valence-corrected chi connectivity index (χ0v) is 20.0. The quantitative estimate of drug-likeness (QED) is 0.422. The van der Waals surface area contributed by atoms with Gasteiger partial charge in [-0.25, -0.2) is 4.79 Å². The molecule has 3 rings (SSSR count). The van der Waals surface area contributed by atoms with Crippen molar-refractivity contribution in [2.45, 2.75) is 32.5 Å². The van der Waals surface area contributed by atoms with E-state index in [4.69, 9.17) is 39.9 Å². The van der Waals surface area contributed by atoms with Crippen LogP contribution in [0.15, 0.2) is 59.4 Å². The molecule has 8 heteroatoms. The molecule has 5 nitrogen and oxygen atoms in total. The molecule has 1 heterocycles. The Bertz CT molecular complexity index is 1180. The Hall–Kier alpha value is -2.31. The predicted octanol–water partition coefficient (Wildman–Crippen LogP) is 5.94. The second kappa shape index (κ2) is 10.5. The van der Waals surface area contributed by atoms with Gasteiger partial charge in [0, 0.05) is 24.2 Å². The third-order valence-corrected chi connectivity index (χ3v) is 6.49. The molecule has 0 saturated heterocycles. The van der Waals surface area contributed by atoms with E-state index < -0.39 is 5.97 Å². The number of rotatable bonds is 8. The Morgan fingerprint density at radius 3 is 2.31 bits per heavy atom. The third-order valence-electron chi connectivity index (χ3n) is 5.55. The van der Waals surface area contributed by atoms with Crippen LogP contribution in [0.1, 0.15) is 40.1 Å². The molecule has 2 aromatic carbocycles. The van der Waals surface area contributed by atoms with Gasteiger partial charge in [-0.1, -0.05) is 65.1 Å². The highest BCUT2D eigenvalue weighted by atomic mass is 35.5. The molecule has 168 valence electrons. The molecule has 0 aliphatic heterocycles. The van der Waals surface area contributed by atoms with Crippen molar-refractivity contribution in [3.63, 3.8) is 0 Å². The minimum atomic E-state index is -0.979. The molecule has 0 amide bonds. The summed E-state index contributed by atoms with van der Waals surface area (Å²) in [6.07, 6.45) is 0.521. The van der Waals surface area contributed by atoms with E-state index in [1.165, 1.54) is 6.07 Å². The van der Waals surface area contributed by atoms with Gasteiger partial charge >= 0.3 is 5.97 Å². The SMILES string of the molecule is CC(c1ccccc1Cl)N(C)Cc1c(Cl)cc(Cl)c(=O)n1CCc1ccc(C(=O)O)cc1. The van der Waals surface area contributed by atoms with Crippen molar-refractivity contribution in [3.8, 4) is 0 Å². The van der Waals surface area contributed by atoms with Crippen molar-refractivity contribution in [3.05, 3.63) is 102 Å². The summed E-state index contributed by atoms with van der Waals surface area (Å²) >= 11 is 19.0. The molecule has 1 aromatic heterocycles. The Morgan fingerprint density at radius 2 is 1.69 bits per heavy atom. The van der Waals surface area contributed by atoms with E-state index in [1.54, 1.807) is 28.8 Å². The van der Waals surface area contributed by atoms with Crippen molar-refractivity contribution in [1.29, 1.82) is 0 Å². The van der Waals surface area contributed by atoms with Crippen LogP contribution in [0.4, 0.5) is 0 Å². The summed E-state index contributed by atoms with van der Waals surface area (Å²) in [4.78, 5) is 25.9. The van der Waals surface area contributed by atoms with Crippen LogP contribution in [-0.2, 0) is 19.5 Å². The van der Waals surface area contributed by atoms with Crippen molar-refractivity contribution in [2.75, 3.05) is 7.05 Å². The summed E-state index contributed by atoms with van der Waals surface area (Å²) in [5, 5.41) is 10.2. The smallest absolute Gasteiger partial charge is 0.335 e. The van der Waals surface area contributed by atoms with Crippen LogP contribution < -0.4 is 5.56 Å². The van der Waals surface area contributed by atoms with Crippen LogP contribution in [-0.4, -0.2) is 27.6 Å². The van der Waals surface area contributed by atoms with Crippen molar-refractivity contribution >= 4 is 40.8 Å². The van der Waals surface area contributed by atoms with Crippen LogP contribution in [0.3, 0.4) is 0 Å². The monoisotopic (exact) mass is 492 g/mol. The average Bonchev–Trinajstić information content (AvgIpc) is 2.77. The van der Waals surface area contributed by atoms with Gasteiger partial charge < -0.3 is 9.67 Å². The van der Waals surface area contributed by atoms with Crippen molar-refractivity contribution < 1.29 is 9.90 Å². The summed E-state index contributed by atoms with van der Waals surface area (Å²) in [5.74, 6) is -0.979. The highest BCUT2D eigenvalue weighted by Crippen LogP contribution is 2.29. The first-order valence-electron chi connectivity index (χ1n) is 10.0. The number of halogens is 3. The summed E-state index contributed by atoms with van der Waals surface area (Å²) in [6, 6.07) is 15.7. The second-order valence-corrected chi connectivity index (χ2v) is 8.83. The van der Waals surface area contributed by atoms with Crippen molar-refractivity contribution in [1.82, 2.24) is 9.47 Å². The maximum absolute atomic E-state index is 12.8. The van der Waals surface area contributed by atoms with Crippen LogP contribution in [0.5, 0.6) is 0 Å². The van der Waals surface area contributed by atoms with Crippen LogP contribution in [0.2, 0.25) is 15.1 Å². The molecule has 1 atom stereocenters. The molecule has 32 heavy (non-hydrogen) atoms. The fourth-order valence-corrected chi connectivity index (χ4v) is 4.35. The largest absolute Gasteiger partial charge is 0.478 e. The van der Waals surface area contributed by atoms with E-state index in [-0.39, 0.29) is 22.2 Å². The standard InChI is InChI=1S/C24H23Cl3N2O3/c1-15(18-5-3-4-6-19(18)25)28(2)14-22-20(26)13-21(27)23(30)29(22)12-11-16-7-9-17(10-8-16)24(31)32/h3-10,13,15H,11-12,14H2,1-2H3,(H,31,32). The average molecular weight is 494 g/mol. The lowest BCUT2D eigenvalue weighted by atomic mass is 10.1. The first-order valence-corrected chi connectivity index (χ1v) is 11.2. The highest BCUT2D eigenvalue weighted by Gasteiger charge is 2.19. The Labute approximate surface area is 201 Å². The molecule has 0 aliphatic carbocycles. The van der Waals surface area contributed by atoms with Gasteiger partial charge in [-0.3, -0.25) is 9.69 Å². The Morgan fingerprint density at radius 1 is 1.03 bits per heavy atom. The number of benzene rings is 2. The first-order chi connectivity index (χ1) is 15.2. The van der Waals surface area contributed by atoms with E-state index in [9.17, 15) is 9.59 Å². The van der Waals surface area contributed by atoms with E-state index in [2.05, 4.69) is 4.90 Å². The number of aromatic carboxylic acids is 1. The number of nitrogens with zero attached hydrogens (tertiary/aromatic N) is 2. The number of carboxylic acid groups (broad SMARTS) is 1. The lowest BCUT2D eigenvalue weighted by Gasteiger charge is -2.27. The molecule has 0 bridgehead atoms. The number of carbonyl (C=O) groups is 1. The molecule has 1 unspecified atom stereocenters. The molecule has 0 spiro atoms. The van der Waals surface area contributed by atoms with E-state index in [0.29, 0.717) is 35.2 Å². The van der Waals surface area contributed by atoms with Gasteiger partial charge in [0.2, 0.25) is 0 Å². The topological polar surface area (TPSA) is 62.5 Å². The number of carboxylic acids is 1. The van der Waals surface area contributed by atoms with Gasteiger partial charge in [0.1, 0.15) is 5.02 Å². The van der Waals surface area contributed by atoms with Crippen LogP contribution in [0, 0.1) is 0 Å². The minimum absolute atomic E-state index is 0.0115. The molecule has 0 saturated carbocycles. The third kappa shape index (κ3) is 5.54. The van der Waals surface area contributed by atoms with Gasteiger partial charge in [-0.15, -0.1) is 0 Å². The van der Waals surface area contributed by atoms with Gasteiger partial charge in [0.15, 0.2) is 0 Å². The molecule has 0 fully saturated rings. The number of hydrogen-bond acceptors (Lipinski definition) is 3. The second-order valence-electron chi connectivity index (χ2n) is 7.61. The van der Waals surface area contributed by atoms with Gasteiger partial charge in [-0.2, -0.15) is 0 Å². The summed E-state index contributed by atoms with van der Waals surface area (Å²) in [7, 11) is 1.94. The van der Waals surface area contributed by atoms with E-state index >= 15 is 0 Å². The summed E-state index contributed by atoms with van der Waals surface area (Å²) in [5.41, 5.74) is 2.44. The number of hydrogen-bond donors (Lipinski definition) is 1. The van der Waals surface area contributed by atoms with Crippen LogP contribution >= 0.6 is 34.8 Å². The lowest BCUT2D eigenvalue weighted by Crippen LogP contribution is -2.30. The van der Waals surface area contributed by atoms with Crippen LogP contribution in [0.25, 0.3) is 0 Å². The predicted molar refractivity (Wildman–Crippen MR) is 129 cm³/mol. The fourth-order valence-electron chi connectivity index (χ4n) is 3.51. The molecule has 3 aromatic rings. The molecular formula is C24H23Cl3N2O3. The number of aromatic nitrogens is 1. The zero-order chi connectivity index (χ0) is 23.4. The maximum atomic E-state index is 12.8. The minimum Gasteiger partial charge on any atom is -0.478 e. The molecule has 0 radical (unpaired) electrons. The van der Waals surface area contributed by atoms with Crippen molar-refractivity contribution in [2.24, 2.45) is 0 Å². The Kier molecular flexibility index (Phi) is 8.01. The highest BCUT2D eigenvalue weighted by molar-refractivity contribution is 6.34. The van der Waals surface area contributed by atoms with Gasteiger partial charge in [-0.05, 0) is 55.8 Å². The summed E-state index contributed by atoms with van der Waals surface area (Å²) < 4.78 is 1.59. The first kappa shape index (κ1) is 24.3. The van der Waals surface area contributed by atoms with E-state index in [1.807, 2.05) is 38.2 Å². The zero-order valence-electron chi connectivity index (χ0n) is 17.7. The maximum Gasteiger partial charge on any atom is 0.335 e. The fraction of sp³-hybridized carbons (Fsp3) is 0.250. The molecule has 0 aliphatic rings. The summed E-state index contributed by atoms with van der Waals surface area (Å²) in [6.45, 7) is 2.81. The number of aryl methyl sites for hydroxylation is 1. The van der Waals surface area contributed by atoms with Gasteiger partial charge in [0.05, 0.1) is 16.3 Å². The number of pyridine rings is 1. The van der Waals surface area contributed by atoms with Gasteiger partial charge in [0.25, 0.3) is 5.56 Å². The molecule has 1 N–H and O–H groups in total. The normalized spacial score (nSPS) is 12.2. The molecular weight excluding hydrogens is 471 g/mol. The lowest BCUT2D eigenvalue weighted by molar-refractivity contribution is 0.0697.